The van der Waals surface area contributed by atoms with Crippen LogP contribution in [0.25, 0.3) is 294 Å². The van der Waals surface area contributed by atoms with Crippen LogP contribution in [0.4, 0.5) is 0 Å². The fourth-order valence-electron chi connectivity index (χ4n) is 24.4. The van der Waals surface area contributed by atoms with Gasteiger partial charge < -0.3 is 0 Å². The maximum atomic E-state index is 2.46. The third kappa shape index (κ3) is 11.5. The Morgan fingerprint density at radius 3 is 0.570 bits per heavy atom. The lowest BCUT2D eigenvalue weighted by molar-refractivity contribution is 0.661. The normalized spacial score (nSPS) is 12.7. The summed E-state index contributed by atoms with van der Waals surface area (Å²) < 4.78 is 0. The second-order valence-electron chi connectivity index (χ2n) is 38.3. The molecule has 1 aliphatic carbocycles. The van der Waals surface area contributed by atoms with Crippen LogP contribution < -0.4 is 0 Å². The van der Waals surface area contributed by atoms with Crippen LogP contribution in [-0.4, -0.2) is 0 Å². The monoisotopic (exact) mass is 1700 g/mol. The van der Waals surface area contributed by atoms with Crippen LogP contribution in [-0.2, 0) is 5.41 Å². The molecule has 0 saturated carbocycles. The number of hydrogen-bond donors (Lipinski definition) is 0. The van der Waals surface area contributed by atoms with E-state index in [1.165, 1.54) is 305 Å². The van der Waals surface area contributed by atoms with Crippen molar-refractivity contribution in [3.05, 3.63) is 472 Å². The zero-order chi connectivity index (χ0) is 88.6. The van der Waals surface area contributed by atoms with Gasteiger partial charge in [-0.3, -0.25) is 0 Å². The molecule has 0 bridgehead atoms. The van der Waals surface area contributed by atoms with Crippen molar-refractivity contribution in [2.75, 3.05) is 0 Å². The van der Waals surface area contributed by atoms with Crippen LogP contribution in [0, 0.1) is 0 Å². The molecule has 0 N–H and O–H groups in total. The first-order valence-corrected chi connectivity index (χ1v) is 47.4. The summed E-state index contributed by atoms with van der Waals surface area (Å²) in [7, 11) is 0. The fourth-order valence-corrected chi connectivity index (χ4v) is 24.4. The van der Waals surface area contributed by atoms with E-state index in [1.54, 1.807) is 0 Å². The Labute approximate surface area is 779 Å². The van der Waals surface area contributed by atoms with Crippen LogP contribution in [0.3, 0.4) is 0 Å². The molecule has 0 heterocycles. The van der Waals surface area contributed by atoms with Crippen molar-refractivity contribution in [3.8, 4) is 100 Å². The molecule has 0 saturated heterocycles. The van der Waals surface area contributed by atoms with E-state index in [0.717, 1.165) is 0 Å². The average molecular weight is 1700 g/mol. The molecule has 0 nitrogen and oxygen atoms in total. The van der Waals surface area contributed by atoms with E-state index in [4.69, 9.17) is 0 Å². The summed E-state index contributed by atoms with van der Waals surface area (Å²) in [5, 5.41) is 47.7. The zero-order valence-electron chi connectivity index (χ0n) is 74.4. The quantitative estimate of drug-likeness (QED) is 0.133. The highest BCUT2D eigenvalue weighted by Crippen LogP contribution is 2.54. The van der Waals surface area contributed by atoms with Gasteiger partial charge in [-0.15, -0.1) is 0 Å². The van der Waals surface area contributed by atoms with Gasteiger partial charge in [-0.25, -0.2) is 0 Å². The summed E-state index contributed by atoms with van der Waals surface area (Å²) >= 11 is 0. The van der Waals surface area contributed by atoms with Crippen molar-refractivity contribution in [2.24, 2.45) is 0 Å². The molecule has 0 atom stereocenters. The van der Waals surface area contributed by atoms with Crippen molar-refractivity contribution in [3.63, 3.8) is 0 Å². The van der Waals surface area contributed by atoms with E-state index in [1.807, 2.05) is 0 Å². The number of benzene rings is 30. The van der Waals surface area contributed by atoms with Gasteiger partial charge in [-0.05, 0) is 336 Å². The van der Waals surface area contributed by atoms with Crippen LogP contribution in [0.5, 0.6) is 0 Å². The van der Waals surface area contributed by atoms with Gasteiger partial charge in [0.2, 0.25) is 0 Å². The third-order valence-electron chi connectivity index (χ3n) is 30.9. The Morgan fingerprint density at radius 2 is 0.296 bits per heavy atom. The Hall–Kier alpha value is -17.2. The third-order valence-corrected chi connectivity index (χ3v) is 30.9. The molecule has 0 aromatic heterocycles. The van der Waals surface area contributed by atoms with Gasteiger partial charge in [-0.1, -0.05) is 445 Å². The SMILES string of the molecule is CC1(C)c2cc(-c3ccc(-c4ccc5ccc6cccc7ccc4c5c67)cc3)ccc2-c2ccc(-c3ccc4ccc5cccc6ccc3c4c56)cc21.c1cc2ccc3ccc(-c4ccc(-c5ccc6ccc7cccc8ccc5c6c78)cc4)c4ccc(c1)c2c34.c1ccc(-c2cc(-c3ccc4ccc5cccc6ccc3c4c56)cc(-c3ccc4ccc5cccc6ccc3c4c56)c2)cc1. The smallest absolute Gasteiger partial charge is 0.0159 e. The van der Waals surface area contributed by atoms with Gasteiger partial charge in [0, 0.05) is 5.41 Å². The van der Waals surface area contributed by atoms with Crippen molar-refractivity contribution in [2.45, 2.75) is 19.3 Å². The summed E-state index contributed by atoms with van der Waals surface area (Å²) in [6.45, 7) is 4.79. The molecule has 0 amide bonds. The Balaban J connectivity index is 0.0000000998. The molecule has 30 aromatic carbocycles. The predicted molar refractivity (Wildman–Crippen MR) is 583 cm³/mol. The van der Waals surface area contributed by atoms with E-state index in [9.17, 15) is 0 Å². The Morgan fingerprint density at radius 1 is 0.111 bits per heavy atom. The maximum Gasteiger partial charge on any atom is 0.0159 e. The van der Waals surface area contributed by atoms with Gasteiger partial charge in [-0.2, -0.15) is 0 Å². The predicted octanol–water partition coefficient (Wildman–Crippen LogP) is 38.1. The second-order valence-corrected chi connectivity index (χ2v) is 38.3. The lowest BCUT2D eigenvalue weighted by Gasteiger charge is -2.23. The molecular formula is C135H82. The summed E-state index contributed by atoms with van der Waals surface area (Å²) in [5.74, 6) is 0. The Bertz CT molecular complexity index is 9700. The highest BCUT2D eigenvalue weighted by Gasteiger charge is 2.37. The van der Waals surface area contributed by atoms with Crippen molar-refractivity contribution < 1.29 is 0 Å². The van der Waals surface area contributed by atoms with Gasteiger partial charge in [0.25, 0.3) is 0 Å². The highest BCUT2D eigenvalue weighted by molar-refractivity contribution is 6.32. The minimum absolute atomic E-state index is 0.123. The lowest BCUT2D eigenvalue weighted by Crippen LogP contribution is -2.15. The van der Waals surface area contributed by atoms with E-state index >= 15 is 0 Å². The van der Waals surface area contributed by atoms with Crippen molar-refractivity contribution in [1.82, 2.24) is 0 Å². The first-order chi connectivity index (χ1) is 66.6. The van der Waals surface area contributed by atoms with Crippen LogP contribution in [0.1, 0.15) is 25.0 Å². The number of fused-ring (bicyclic) bond motifs is 3. The minimum Gasteiger partial charge on any atom is -0.0622 e. The zero-order valence-corrected chi connectivity index (χ0v) is 74.4. The van der Waals surface area contributed by atoms with Crippen molar-refractivity contribution >= 4 is 194 Å². The van der Waals surface area contributed by atoms with E-state index < -0.39 is 0 Å². The van der Waals surface area contributed by atoms with E-state index in [0.29, 0.717) is 0 Å². The summed E-state index contributed by atoms with van der Waals surface area (Å²) in [6.07, 6.45) is 0. The highest BCUT2D eigenvalue weighted by atomic mass is 14.4. The number of rotatable bonds is 8. The molecule has 0 unspecified atom stereocenters. The summed E-state index contributed by atoms with van der Waals surface area (Å²) in [4.78, 5) is 0. The molecule has 30 aromatic rings. The topological polar surface area (TPSA) is 0 Å². The molecule has 0 heteroatoms. The van der Waals surface area contributed by atoms with Crippen molar-refractivity contribution in [1.29, 1.82) is 0 Å². The summed E-state index contributed by atoms with van der Waals surface area (Å²) in [5.41, 5.74) is 25.6. The molecular weight excluding hydrogens is 1620 g/mol. The second kappa shape index (κ2) is 28.9. The minimum atomic E-state index is -0.123. The van der Waals surface area contributed by atoms with Gasteiger partial charge >= 0.3 is 0 Å². The molecule has 31 rings (SSSR count). The molecule has 0 fully saturated rings. The van der Waals surface area contributed by atoms with Gasteiger partial charge in [0.1, 0.15) is 0 Å². The fraction of sp³-hybridized carbons (Fsp3) is 0.0222. The molecule has 0 radical (unpaired) electrons. The van der Waals surface area contributed by atoms with Crippen LogP contribution >= 0.6 is 0 Å². The molecule has 0 spiro atoms. The Kier molecular flexibility index (Phi) is 16.2. The molecule has 0 aliphatic heterocycles. The first kappa shape index (κ1) is 75.6. The largest absolute Gasteiger partial charge is 0.0622 e. The first-order valence-electron chi connectivity index (χ1n) is 47.4. The van der Waals surface area contributed by atoms with E-state index in [-0.39, 0.29) is 5.41 Å². The molecule has 622 valence electrons. The lowest BCUT2D eigenvalue weighted by atomic mass is 9.80. The van der Waals surface area contributed by atoms with Gasteiger partial charge in [0.15, 0.2) is 0 Å². The summed E-state index contributed by atoms with van der Waals surface area (Å²) in [6, 6.07) is 173. The van der Waals surface area contributed by atoms with Crippen LogP contribution in [0.2, 0.25) is 0 Å². The van der Waals surface area contributed by atoms with Crippen LogP contribution in [0.15, 0.2) is 461 Å². The van der Waals surface area contributed by atoms with E-state index in [2.05, 4.69) is 475 Å². The average Bonchev–Trinajstić information content (AvgIpc) is 1.69. The maximum absolute atomic E-state index is 2.46. The standard InChI is InChI=1S/C53H34.C44H26.C38H22/c1-53(2)47-29-39(31-9-11-32(12-10-31)41-23-17-37-15-13-33-5-3-7-35-19-27-45(41)51(37)49(33)35)21-25-43(47)44-26-22-40(30-48(44)53)42-24-18-38-16-14-34-6-4-8-36-20-28-46(42)52(38)50(34)36;1-2-6-27(7-3-1)34-24-35(37-20-16-32-14-12-28-8-4-10-30-18-22-39(37)43(32)41(28)30)26-36(25-34)38-21-17-33-15-13-29-9-5-11-31-19-23-40(38)44(33)42(29)31;1-3-25-11-13-29-15-19-31(33-21-17-27(5-1)35(25)37(29)33)23-7-9-24(10-8-23)32-20-16-30-14-12-26-4-2-6-28-18-22-34(32)38(30)36(26)28/h3-30H,1-2H3;1-26H;1-22H. The van der Waals surface area contributed by atoms with Gasteiger partial charge in [0.05, 0.1) is 0 Å². The molecule has 1 aliphatic rings. The number of hydrogen-bond acceptors (Lipinski definition) is 0. The molecule has 135 heavy (non-hydrogen) atoms.